The third-order valence-electron chi connectivity index (χ3n) is 3.33. The van der Waals surface area contributed by atoms with Gasteiger partial charge in [0, 0.05) is 0 Å². The highest BCUT2D eigenvalue weighted by Gasteiger charge is 2.35. The van der Waals surface area contributed by atoms with Crippen molar-refractivity contribution in [3.05, 3.63) is 35.9 Å². The van der Waals surface area contributed by atoms with Crippen LogP contribution in [0.1, 0.15) is 39.2 Å². The average Bonchev–Trinajstić information content (AvgIpc) is 2.45. The standard InChI is InChI=1S/C16H23NO4/c1-4-10-16(3,15(19)20)17-14(18)12(2)21-11-13-8-6-5-7-9-13/h5-9,12H,4,10-11H2,1-3H3,(H,17,18)(H,19,20). The van der Waals surface area contributed by atoms with Crippen molar-refractivity contribution < 1.29 is 19.4 Å². The van der Waals surface area contributed by atoms with Gasteiger partial charge in [-0.15, -0.1) is 0 Å². The highest BCUT2D eigenvalue weighted by molar-refractivity contribution is 5.88. The number of carboxylic acid groups (broad SMARTS) is 1. The zero-order valence-electron chi connectivity index (χ0n) is 12.8. The van der Waals surface area contributed by atoms with Crippen LogP contribution in [0, 0.1) is 0 Å². The van der Waals surface area contributed by atoms with Crippen LogP contribution in [-0.2, 0) is 20.9 Å². The minimum atomic E-state index is -1.25. The van der Waals surface area contributed by atoms with E-state index in [-0.39, 0.29) is 0 Å². The molecule has 2 N–H and O–H groups in total. The number of carboxylic acids is 1. The summed E-state index contributed by atoms with van der Waals surface area (Å²) >= 11 is 0. The van der Waals surface area contributed by atoms with Crippen molar-refractivity contribution in [1.29, 1.82) is 0 Å². The van der Waals surface area contributed by atoms with Gasteiger partial charge in [0.05, 0.1) is 6.61 Å². The average molecular weight is 293 g/mol. The Morgan fingerprint density at radius 2 is 1.95 bits per heavy atom. The van der Waals surface area contributed by atoms with E-state index in [9.17, 15) is 14.7 Å². The first kappa shape index (κ1) is 17.2. The van der Waals surface area contributed by atoms with E-state index in [4.69, 9.17) is 4.74 Å². The summed E-state index contributed by atoms with van der Waals surface area (Å²) in [5.74, 6) is -1.45. The lowest BCUT2D eigenvalue weighted by molar-refractivity contribution is -0.149. The van der Waals surface area contributed by atoms with Gasteiger partial charge in [-0.05, 0) is 25.8 Å². The second-order valence-electron chi connectivity index (χ2n) is 5.32. The molecular weight excluding hydrogens is 270 g/mol. The number of aliphatic carboxylic acids is 1. The van der Waals surface area contributed by atoms with Crippen LogP contribution in [0.2, 0.25) is 0 Å². The molecule has 2 unspecified atom stereocenters. The summed E-state index contributed by atoms with van der Waals surface area (Å²) in [6, 6.07) is 9.51. The van der Waals surface area contributed by atoms with Gasteiger partial charge < -0.3 is 15.2 Å². The fourth-order valence-corrected chi connectivity index (χ4v) is 1.97. The van der Waals surface area contributed by atoms with Gasteiger partial charge in [0.1, 0.15) is 11.6 Å². The number of hydrogen-bond acceptors (Lipinski definition) is 3. The largest absolute Gasteiger partial charge is 0.480 e. The van der Waals surface area contributed by atoms with Crippen molar-refractivity contribution in [1.82, 2.24) is 5.32 Å². The molecule has 0 aliphatic carbocycles. The van der Waals surface area contributed by atoms with Crippen LogP contribution in [-0.4, -0.2) is 28.6 Å². The van der Waals surface area contributed by atoms with Gasteiger partial charge in [-0.2, -0.15) is 0 Å². The smallest absolute Gasteiger partial charge is 0.329 e. The topological polar surface area (TPSA) is 75.6 Å². The zero-order chi connectivity index (χ0) is 15.9. The molecule has 21 heavy (non-hydrogen) atoms. The Kier molecular flexibility index (Phi) is 6.37. The highest BCUT2D eigenvalue weighted by Crippen LogP contribution is 2.13. The van der Waals surface area contributed by atoms with Gasteiger partial charge >= 0.3 is 5.97 Å². The summed E-state index contributed by atoms with van der Waals surface area (Å²) < 4.78 is 5.49. The Labute approximate surface area is 125 Å². The highest BCUT2D eigenvalue weighted by atomic mass is 16.5. The van der Waals surface area contributed by atoms with Crippen LogP contribution < -0.4 is 5.32 Å². The summed E-state index contributed by atoms with van der Waals surface area (Å²) in [5.41, 5.74) is -0.289. The fraction of sp³-hybridized carbons (Fsp3) is 0.500. The molecule has 0 saturated carbocycles. The molecule has 0 radical (unpaired) electrons. The van der Waals surface area contributed by atoms with Crippen molar-refractivity contribution in [2.75, 3.05) is 0 Å². The number of nitrogens with one attached hydrogen (secondary N) is 1. The van der Waals surface area contributed by atoms with Crippen LogP contribution >= 0.6 is 0 Å². The van der Waals surface area contributed by atoms with E-state index >= 15 is 0 Å². The quantitative estimate of drug-likeness (QED) is 0.771. The van der Waals surface area contributed by atoms with Crippen LogP contribution in [0.15, 0.2) is 30.3 Å². The van der Waals surface area contributed by atoms with Crippen molar-refractivity contribution >= 4 is 11.9 Å². The molecule has 0 bridgehead atoms. The summed E-state index contributed by atoms with van der Waals surface area (Å²) in [5, 5.41) is 11.8. The molecule has 0 aromatic heterocycles. The van der Waals surface area contributed by atoms with Crippen molar-refractivity contribution in [3.63, 3.8) is 0 Å². The first-order valence-corrected chi connectivity index (χ1v) is 7.10. The number of amides is 1. The Morgan fingerprint density at radius 1 is 1.33 bits per heavy atom. The molecule has 5 heteroatoms. The second kappa shape index (κ2) is 7.78. The Balaban J connectivity index is 2.55. The molecule has 0 heterocycles. The van der Waals surface area contributed by atoms with E-state index in [1.807, 2.05) is 37.3 Å². The van der Waals surface area contributed by atoms with E-state index in [0.717, 1.165) is 5.56 Å². The number of rotatable bonds is 8. The molecule has 0 aliphatic heterocycles. The molecule has 2 atom stereocenters. The third kappa shape index (κ3) is 5.19. The minimum Gasteiger partial charge on any atom is -0.480 e. The monoisotopic (exact) mass is 293 g/mol. The van der Waals surface area contributed by atoms with Crippen LogP contribution in [0.5, 0.6) is 0 Å². The summed E-state index contributed by atoms with van der Waals surface area (Å²) in [6.45, 7) is 5.32. The lowest BCUT2D eigenvalue weighted by Gasteiger charge is -2.27. The van der Waals surface area contributed by atoms with Gasteiger partial charge in [-0.1, -0.05) is 43.7 Å². The molecule has 0 fully saturated rings. The summed E-state index contributed by atoms with van der Waals surface area (Å²) in [6.07, 6.45) is 0.336. The molecule has 0 saturated heterocycles. The number of ether oxygens (including phenoxy) is 1. The Hall–Kier alpha value is -1.88. The fourth-order valence-electron chi connectivity index (χ4n) is 1.97. The van der Waals surface area contributed by atoms with Crippen molar-refractivity contribution in [3.8, 4) is 0 Å². The van der Waals surface area contributed by atoms with Crippen LogP contribution in [0.4, 0.5) is 0 Å². The Bertz CT molecular complexity index is 474. The lowest BCUT2D eigenvalue weighted by atomic mass is 9.96. The summed E-state index contributed by atoms with van der Waals surface area (Å²) in [7, 11) is 0. The number of carbonyl (C=O) groups is 2. The van der Waals surface area contributed by atoms with E-state index in [1.54, 1.807) is 6.92 Å². The van der Waals surface area contributed by atoms with E-state index < -0.39 is 23.5 Å². The number of hydrogen-bond donors (Lipinski definition) is 2. The van der Waals surface area contributed by atoms with Gasteiger partial charge in [-0.3, -0.25) is 4.79 Å². The number of benzene rings is 1. The molecule has 1 aromatic carbocycles. The molecule has 0 spiro atoms. The molecule has 116 valence electrons. The zero-order valence-corrected chi connectivity index (χ0v) is 12.8. The molecule has 1 rings (SSSR count). The van der Waals surface area contributed by atoms with Gasteiger partial charge in [0.2, 0.25) is 5.91 Å². The first-order chi connectivity index (χ1) is 9.89. The van der Waals surface area contributed by atoms with Crippen LogP contribution in [0.25, 0.3) is 0 Å². The van der Waals surface area contributed by atoms with Gasteiger partial charge in [0.25, 0.3) is 0 Å². The maximum absolute atomic E-state index is 12.1. The molecule has 0 aliphatic rings. The molecular formula is C16H23NO4. The van der Waals surface area contributed by atoms with Gasteiger partial charge in [-0.25, -0.2) is 4.79 Å². The van der Waals surface area contributed by atoms with E-state index in [1.165, 1.54) is 6.92 Å². The maximum Gasteiger partial charge on any atom is 0.329 e. The maximum atomic E-state index is 12.1. The molecule has 5 nitrogen and oxygen atoms in total. The lowest BCUT2D eigenvalue weighted by Crippen LogP contribution is -2.54. The summed E-state index contributed by atoms with van der Waals surface area (Å²) in [4.78, 5) is 23.4. The molecule has 1 aromatic rings. The van der Waals surface area contributed by atoms with Gasteiger partial charge in [0.15, 0.2) is 0 Å². The van der Waals surface area contributed by atoms with E-state index in [2.05, 4.69) is 5.32 Å². The minimum absolute atomic E-state index is 0.312. The second-order valence-corrected chi connectivity index (χ2v) is 5.32. The Morgan fingerprint density at radius 3 is 2.48 bits per heavy atom. The predicted molar refractivity (Wildman–Crippen MR) is 79.8 cm³/mol. The van der Waals surface area contributed by atoms with Crippen molar-refractivity contribution in [2.24, 2.45) is 0 Å². The number of carbonyl (C=O) groups excluding carboxylic acids is 1. The predicted octanol–water partition coefficient (Wildman–Crippen LogP) is 2.35. The van der Waals surface area contributed by atoms with Crippen LogP contribution in [0.3, 0.4) is 0 Å². The first-order valence-electron chi connectivity index (χ1n) is 7.10. The van der Waals surface area contributed by atoms with E-state index in [0.29, 0.717) is 19.4 Å². The SMILES string of the molecule is CCCC(C)(NC(=O)C(C)OCc1ccccc1)C(=O)O. The third-order valence-corrected chi connectivity index (χ3v) is 3.33. The normalized spacial score (nSPS) is 15.0. The molecule has 1 amide bonds. The van der Waals surface area contributed by atoms with Crippen molar-refractivity contribution in [2.45, 2.75) is 51.9 Å².